The van der Waals surface area contributed by atoms with Crippen LogP contribution in [-0.2, 0) is 28.3 Å². The minimum absolute atomic E-state index is 0.0912. The van der Waals surface area contributed by atoms with Crippen molar-refractivity contribution >= 4 is 32.1 Å². The third kappa shape index (κ3) is 5.07. The van der Waals surface area contributed by atoms with Crippen LogP contribution >= 0.6 is 0 Å². The Morgan fingerprint density at radius 3 is 2.29 bits per heavy atom. The SMILES string of the molecule is CCOC(=O)[C@]1(O[Si](CC)(CC)CC)C=CC(=O)N1[C@H](C(=O)N1CCC[C@H]1C(=O)O)[C@@H](C)CC. The Kier molecular flexibility index (Phi) is 9.47. The smallest absolute Gasteiger partial charge is 0.363 e. The average Bonchev–Trinajstić information content (AvgIpc) is 3.44. The number of carbonyl (C=O) groups is 4. The summed E-state index contributed by atoms with van der Waals surface area (Å²) in [7, 11) is -2.47. The molecular weight excluding hydrogens is 456 g/mol. The molecule has 0 spiro atoms. The lowest BCUT2D eigenvalue weighted by molar-refractivity contribution is -0.185. The molecule has 1 saturated heterocycles. The summed E-state index contributed by atoms with van der Waals surface area (Å²) in [4.78, 5) is 55.1. The first-order valence-corrected chi connectivity index (χ1v) is 15.0. The molecular formula is C24H40N2O7Si. The Morgan fingerprint density at radius 1 is 1.18 bits per heavy atom. The molecule has 34 heavy (non-hydrogen) atoms. The maximum absolute atomic E-state index is 13.9. The van der Waals surface area contributed by atoms with Crippen LogP contribution in [0, 0.1) is 5.92 Å². The summed E-state index contributed by atoms with van der Waals surface area (Å²) in [5, 5.41) is 9.66. The van der Waals surface area contributed by atoms with Crippen molar-refractivity contribution in [3.05, 3.63) is 12.2 Å². The quantitative estimate of drug-likeness (QED) is 0.326. The molecule has 10 heteroatoms. The summed E-state index contributed by atoms with van der Waals surface area (Å²) >= 11 is 0. The molecule has 0 aromatic heterocycles. The number of nitrogens with zero attached hydrogens (tertiary/aromatic N) is 2. The van der Waals surface area contributed by atoms with E-state index in [4.69, 9.17) is 9.16 Å². The first-order valence-electron chi connectivity index (χ1n) is 12.5. The molecule has 4 atom stereocenters. The maximum atomic E-state index is 13.9. The Morgan fingerprint density at radius 2 is 1.79 bits per heavy atom. The lowest BCUT2D eigenvalue weighted by Gasteiger charge is -2.47. The van der Waals surface area contributed by atoms with Crippen LogP contribution < -0.4 is 0 Å². The number of hydrogen-bond donors (Lipinski definition) is 1. The van der Waals surface area contributed by atoms with Crippen LogP contribution in [0.25, 0.3) is 0 Å². The fourth-order valence-corrected chi connectivity index (χ4v) is 7.81. The molecule has 2 aliphatic rings. The van der Waals surface area contributed by atoms with Gasteiger partial charge in [-0.25, -0.2) is 9.59 Å². The number of hydrogen-bond acceptors (Lipinski definition) is 6. The minimum Gasteiger partial charge on any atom is -0.480 e. The van der Waals surface area contributed by atoms with Gasteiger partial charge in [0.25, 0.3) is 5.72 Å². The summed E-state index contributed by atoms with van der Waals surface area (Å²) in [6, 6.07) is 0.178. The number of likely N-dealkylation sites (tertiary alicyclic amines) is 1. The van der Waals surface area contributed by atoms with E-state index in [0.717, 1.165) is 18.1 Å². The van der Waals surface area contributed by atoms with Gasteiger partial charge in [-0.15, -0.1) is 0 Å². The number of carbonyl (C=O) groups excluding carboxylic acids is 3. The zero-order valence-electron chi connectivity index (χ0n) is 21.3. The molecule has 0 aromatic carbocycles. The van der Waals surface area contributed by atoms with Gasteiger partial charge in [-0.1, -0.05) is 41.0 Å². The van der Waals surface area contributed by atoms with E-state index >= 15 is 0 Å². The summed E-state index contributed by atoms with van der Waals surface area (Å²) in [5.74, 6) is -3.11. The number of aliphatic carboxylic acids is 1. The number of carboxylic acids is 1. The van der Waals surface area contributed by atoms with Gasteiger partial charge in [0.05, 0.1) is 6.61 Å². The standard InChI is InChI=1S/C24H40N2O7Si/c1-7-17(6)20(21(28)25-16-12-13-18(25)22(29)30)26-19(27)14-15-24(26,23(31)32-8-2)33-34(9-3,10-4)11-5/h14-15,17-18,20H,7-13,16H2,1-6H3,(H,29,30)/t17-,18-,20-,24+/m0/s1. The van der Waals surface area contributed by atoms with Crippen LogP contribution in [0.3, 0.4) is 0 Å². The molecule has 2 rings (SSSR count). The Labute approximate surface area is 203 Å². The highest BCUT2D eigenvalue weighted by Gasteiger charge is 2.59. The maximum Gasteiger partial charge on any atom is 0.363 e. The molecule has 0 bridgehead atoms. The minimum atomic E-state index is -2.47. The van der Waals surface area contributed by atoms with E-state index in [1.807, 2.05) is 34.6 Å². The second kappa shape index (κ2) is 11.5. The number of esters is 1. The van der Waals surface area contributed by atoms with Crippen molar-refractivity contribution in [2.75, 3.05) is 13.2 Å². The van der Waals surface area contributed by atoms with Crippen molar-refractivity contribution in [1.29, 1.82) is 0 Å². The van der Waals surface area contributed by atoms with Crippen molar-refractivity contribution in [1.82, 2.24) is 9.80 Å². The third-order valence-electron chi connectivity index (χ3n) is 7.46. The molecule has 2 aliphatic heterocycles. The van der Waals surface area contributed by atoms with E-state index in [9.17, 15) is 24.3 Å². The molecule has 9 nitrogen and oxygen atoms in total. The highest BCUT2D eigenvalue weighted by atomic mass is 28.4. The Hall–Kier alpha value is -2.20. The monoisotopic (exact) mass is 496 g/mol. The molecule has 0 aromatic rings. The molecule has 192 valence electrons. The van der Waals surface area contributed by atoms with Gasteiger partial charge in [0, 0.05) is 12.6 Å². The zero-order chi connectivity index (χ0) is 25.7. The topological polar surface area (TPSA) is 113 Å². The summed E-state index contributed by atoms with van der Waals surface area (Å²) in [6.45, 7) is 11.8. The van der Waals surface area contributed by atoms with Gasteiger partial charge in [-0.2, -0.15) is 0 Å². The van der Waals surface area contributed by atoms with Gasteiger partial charge >= 0.3 is 11.9 Å². The lowest BCUT2D eigenvalue weighted by atomic mass is 9.94. The highest BCUT2D eigenvalue weighted by Crippen LogP contribution is 2.39. The number of carboxylic acid groups (broad SMARTS) is 1. The molecule has 0 unspecified atom stereocenters. The zero-order valence-corrected chi connectivity index (χ0v) is 22.3. The summed E-state index contributed by atoms with van der Waals surface area (Å²) < 4.78 is 12.1. The summed E-state index contributed by atoms with van der Waals surface area (Å²) in [5.41, 5.74) is -1.84. The van der Waals surface area contributed by atoms with Crippen molar-refractivity contribution < 1.29 is 33.4 Å². The van der Waals surface area contributed by atoms with E-state index in [1.165, 1.54) is 22.0 Å². The van der Waals surface area contributed by atoms with Crippen LogP contribution in [0.1, 0.15) is 60.8 Å². The number of amides is 2. The fraction of sp³-hybridized carbons (Fsp3) is 0.750. The van der Waals surface area contributed by atoms with Gasteiger partial charge in [0.15, 0.2) is 8.32 Å². The lowest BCUT2D eigenvalue weighted by Crippen LogP contribution is -2.67. The average molecular weight is 497 g/mol. The van der Waals surface area contributed by atoms with E-state index < -0.39 is 49.9 Å². The van der Waals surface area contributed by atoms with Crippen LogP contribution in [0.5, 0.6) is 0 Å². The second-order valence-corrected chi connectivity index (χ2v) is 13.9. The summed E-state index contributed by atoms with van der Waals surface area (Å²) in [6.07, 6.45) is 4.18. The molecule has 2 heterocycles. The van der Waals surface area contributed by atoms with Crippen LogP contribution in [0.2, 0.25) is 18.1 Å². The van der Waals surface area contributed by atoms with Gasteiger partial charge in [-0.3, -0.25) is 14.5 Å². The van der Waals surface area contributed by atoms with Crippen molar-refractivity contribution in [2.24, 2.45) is 5.92 Å². The Bertz CT molecular complexity index is 805. The third-order valence-corrected chi connectivity index (χ3v) is 12.1. The number of ether oxygens (including phenoxy) is 1. The first-order chi connectivity index (χ1) is 16.1. The predicted molar refractivity (Wildman–Crippen MR) is 129 cm³/mol. The van der Waals surface area contributed by atoms with Gasteiger partial charge < -0.3 is 19.2 Å². The van der Waals surface area contributed by atoms with Crippen molar-refractivity contribution in [3.63, 3.8) is 0 Å². The second-order valence-electron chi connectivity index (χ2n) is 9.16. The van der Waals surface area contributed by atoms with E-state index in [-0.39, 0.29) is 12.5 Å². The van der Waals surface area contributed by atoms with Crippen molar-refractivity contribution in [3.8, 4) is 0 Å². The predicted octanol–water partition coefficient (Wildman–Crippen LogP) is 3.16. The van der Waals surface area contributed by atoms with E-state index in [0.29, 0.717) is 25.8 Å². The Balaban J connectivity index is 2.65. The first kappa shape index (κ1) is 28.0. The van der Waals surface area contributed by atoms with Gasteiger partial charge in [0.2, 0.25) is 11.8 Å². The fourth-order valence-electron chi connectivity index (χ4n) is 4.96. The van der Waals surface area contributed by atoms with Gasteiger partial charge in [-0.05, 0) is 49.9 Å². The van der Waals surface area contributed by atoms with Crippen LogP contribution in [0.15, 0.2) is 12.2 Å². The molecule has 0 saturated carbocycles. The van der Waals surface area contributed by atoms with Crippen LogP contribution in [-0.4, -0.2) is 77.9 Å². The highest BCUT2D eigenvalue weighted by molar-refractivity contribution is 6.73. The van der Waals surface area contributed by atoms with Crippen LogP contribution in [0.4, 0.5) is 0 Å². The molecule has 1 fully saturated rings. The molecule has 1 N–H and O–H groups in total. The number of rotatable bonds is 12. The van der Waals surface area contributed by atoms with E-state index in [1.54, 1.807) is 6.92 Å². The molecule has 0 radical (unpaired) electrons. The largest absolute Gasteiger partial charge is 0.480 e. The molecule has 2 amide bonds. The van der Waals surface area contributed by atoms with Gasteiger partial charge in [0.1, 0.15) is 12.1 Å². The normalized spacial score (nSPS) is 24.4. The van der Waals surface area contributed by atoms with Crippen molar-refractivity contribution in [2.45, 2.75) is 96.7 Å². The van der Waals surface area contributed by atoms with E-state index in [2.05, 4.69) is 0 Å². The molecule has 0 aliphatic carbocycles.